The van der Waals surface area contributed by atoms with Gasteiger partial charge < -0.3 is 5.32 Å². The van der Waals surface area contributed by atoms with Gasteiger partial charge in [0.25, 0.3) is 0 Å². The van der Waals surface area contributed by atoms with Crippen molar-refractivity contribution < 1.29 is 0 Å². The van der Waals surface area contributed by atoms with Gasteiger partial charge in [0.05, 0.1) is 6.20 Å². The van der Waals surface area contributed by atoms with Crippen molar-refractivity contribution in [3.8, 4) is 0 Å². The summed E-state index contributed by atoms with van der Waals surface area (Å²) in [5.74, 6) is 0. The number of hydrogen-bond acceptors (Lipinski definition) is 2. The van der Waals surface area contributed by atoms with Gasteiger partial charge in [-0.1, -0.05) is 17.7 Å². The summed E-state index contributed by atoms with van der Waals surface area (Å²) < 4.78 is 1.84. The van der Waals surface area contributed by atoms with E-state index in [4.69, 9.17) is 11.6 Å². The van der Waals surface area contributed by atoms with Gasteiger partial charge in [0.1, 0.15) is 0 Å². The second-order valence-corrected chi connectivity index (χ2v) is 5.40. The molecule has 2 aromatic rings. The Labute approximate surface area is 119 Å². The molecule has 1 N–H and O–H groups in total. The van der Waals surface area contributed by atoms with Crippen molar-refractivity contribution >= 4 is 11.6 Å². The van der Waals surface area contributed by atoms with E-state index in [9.17, 15) is 0 Å². The van der Waals surface area contributed by atoms with Crippen molar-refractivity contribution in [2.75, 3.05) is 7.05 Å². The minimum absolute atomic E-state index is 0.317. The molecule has 0 radical (unpaired) electrons. The maximum Gasteiger partial charge on any atom is 0.0521 e. The minimum atomic E-state index is 0.317. The van der Waals surface area contributed by atoms with Gasteiger partial charge in [0.2, 0.25) is 0 Å². The molecule has 19 heavy (non-hydrogen) atoms. The van der Waals surface area contributed by atoms with Gasteiger partial charge in [-0.15, -0.1) is 0 Å². The van der Waals surface area contributed by atoms with E-state index in [1.807, 2.05) is 37.1 Å². The lowest BCUT2D eigenvalue weighted by Gasteiger charge is -2.17. The number of nitrogens with one attached hydrogen (secondary N) is 1. The average Bonchev–Trinajstić information content (AvgIpc) is 2.75. The van der Waals surface area contributed by atoms with Crippen molar-refractivity contribution in [1.82, 2.24) is 15.1 Å². The monoisotopic (exact) mass is 277 g/mol. The van der Waals surface area contributed by atoms with Crippen LogP contribution in [0.3, 0.4) is 0 Å². The van der Waals surface area contributed by atoms with E-state index in [0.29, 0.717) is 6.04 Å². The molecule has 4 heteroatoms. The highest BCUT2D eigenvalue weighted by atomic mass is 35.5. The Hall–Kier alpha value is -1.32. The molecule has 1 heterocycles. The Bertz CT molecular complexity index is 528. The highest BCUT2D eigenvalue weighted by molar-refractivity contribution is 6.30. The molecule has 1 atom stereocenters. The topological polar surface area (TPSA) is 29.9 Å². The van der Waals surface area contributed by atoms with Gasteiger partial charge in [0.15, 0.2) is 0 Å². The molecule has 1 aromatic heterocycles. The summed E-state index contributed by atoms with van der Waals surface area (Å²) in [6.45, 7) is 2.07. The summed E-state index contributed by atoms with van der Waals surface area (Å²) in [5, 5.41) is 8.36. The lowest BCUT2D eigenvalue weighted by Crippen LogP contribution is -2.17. The second kappa shape index (κ2) is 6.22. The molecule has 0 saturated carbocycles. The van der Waals surface area contributed by atoms with Gasteiger partial charge in [0, 0.05) is 24.3 Å². The van der Waals surface area contributed by atoms with Gasteiger partial charge in [-0.3, -0.25) is 4.68 Å². The van der Waals surface area contributed by atoms with Crippen LogP contribution in [0.15, 0.2) is 30.6 Å². The molecular formula is C15H20ClN3. The quantitative estimate of drug-likeness (QED) is 0.909. The van der Waals surface area contributed by atoms with E-state index in [2.05, 4.69) is 29.6 Å². The van der Waals surface area contributed by atoms with Crippen LogP contribution in [0.2, 0.25) is 5.02 Å². The van der Waals surface area contributed by atoms with Crippen molar-refractivity contribution in [2.45, 2.75) is 25.8 Å². The van der Waals surface area contributed by atoms with Crippen LogP contribution in [0, 0.1) is 6.92 Å². The molecule has 1 unspecified atom stereocenters. The van der Waals surface area contributed by atoms with Crippen molar-refractivity contribution in [3.05, 3.63) is 52.3 Å². The van der Waals surface area contributed by atoms with Crippen LogP contribution in [-0.4, -0.2) is 16.8 Å². The van der Waals surface area contributed by atoms with Crippen LogP contribution < -0.4 is 5.32 Å². The van der Waals surface area contributed by atoms with Gasteiger partial charge in [-0.25, -0.2) is 0 Å². The molecule has 0 amide bonds. The molecule has 0 bridgehead atoms. The largest absolute Gasteiger partial charge is 0.313 e. The molecule has 0 aliphatic heterocycles. The van der Waals surface area contributed by atoms with E-state index in [1.165, 1.54) is 16.7 Å². The fraction of sp³-hybridized carbons (Fsp3) is 0.400. The zero-order valence-corrected chi connectivity index (χ0v) is 12.4. The highest BCUT2D eigenvalue weighted by Crippen LogP contribution is 2.23. The maximum atomic E-state index is 6.13. The summed E-state index contributed by atoms with van der Waals surface area (Å²) in [4.78, 5) is 0. The Morgan fingerprint density at radius 1 is 1.37 bits per heavy atom. The highest BCUT2D eigenvalue weighted by Gasteiger charge is 2.11. The number of benzene rings is 1. The molecule has 0 aliphatic rings. The van der Waals surface area contributed by atoms with E-state index in [0.717, 1.165) is 17.9 Å². The molecule has 0 aliphatic carbocycles. The predicted molar refractivity (Wildman–Crippen MR) is 79.5 cm³/mol. The Kier molecular flexibility index (Phi) is 4.61. The van der Waals surface area contributed by atoms with Crippen LogP contribution in [-0.2, 0) is 13.5 Å². The third-order valence-electron chi connectivity index (χ3n) is 3.30. The molecular weight excluding hydrogens is 258 g/mol. The predicted octanol–water partition coefficient (Wildman–Crippen LogP) is 3.28. The van der Waals surface area contributed by atoms with Crippen LogP contribution in [0.1, 0.15) is 29.2 Å². The molecule has 3 nitrogen and oxygen atoms in total. The molecule has 1 aromatic carbocycles. The third-order valence-corrected chi connectivity index (χ3v) is 3.51. The number of nitrogens with zero attached hydrogens (tertiary/aromatic N) is 2. The molecule has 2 rings (SSSR count). The van der Waals surface area contributed by atoms with Crippen LogP contribution in [0.5, 0.6) is 0 Å². The summed E-state index contributed by atoms with van der Waals surface area (Å²) >= 11 is 6.13. The average molecular weight is 278 g/mol. The lowest BCUT2D eigenvalue weighted by atomic mass is 9.99. The van der Waals surface area contributed by atoms with E-state index >= 15 is 0 Å². The van der Waals surface area contributed by atoms with Gasteiger partial charge in [-0.2, -0.15) is 5.10 Å². The van der Waals surface area contributed by atoms with Crippen LogP contribution in [0.4, 0.5) is 0 Å². The summed E-state index contributed by atoms with van der Waals surface area (Å²) in [6, 6.07) is 6.53. The fourth-order valence-corrected chi connectivity index (χ4v) is 2.65. The van der Waals surface area contributed by atoms with Gasteiger partial charge in [-0.05, 0) is 55.6 Å². The number of aromatic nitrogens is 2. The van der Waals surface area contributed by atoms with Gasteiger partial charge >= 0.3 is 0 Å². The Morgan fingerprint density at radius 2 is 2.16 bits per heavy atom. The van der Waals surface area contributed by atoms with Crippen molar-refractivity contribution in [2.24, 2.45) is 7.05 Å². The minimum Gasteiger partial charge on any atom is -0.313 e. The standard InChI is InChI=1S/C15H20ClN3/c1-11-6-13(8-14(16)7-11)15(17-2)5-4-12-9-18-19(3)10-12/h6-10,15,17H,4-5H2,1-3H3. The zero-order valence-electron chi connectivity index (χ0n) is 11.7. The first-order chi connectivity index (χ1) is 9.08. The third kappa shape index (κ3) is 3.82. The summed E-state index contributed by atoms with van der Waals surface area (Å²) in [7, 11) is 3.93. The second-order valence-electron chi connectivity index (χ2n) is 4.96. The number of rotatable bonds is 5. The normalized spacial score (nSPS) is 12.6. The zero-order chi connectivity index (χ0) is 13.8. The first kappa shape index (κ1) is 14.1. The molecule has 0 spiro atoms. The SMILES string of the molecule is CNC(CCc1cnn(C)c1)c1cc(C)cc(Cl)c1. The Morgan fingerprint density at radius 3 is 2.74 bits per heavy atom. The fourth-order valence-electron chi connectivity index (χ4n) is 2.36. The Balaban J connectivity index is 2.07. The van der Waals surface area contributed by atoms with Crippen molar-refractivity contribution in [3.63, 3.8) is 0 Å². The smallest absolute Gasteiger partial charge is 0.0521 e. The summed E-state index contributed by atoms with van der Waals surface area (Å²) in [5.41, 5.74) is 3.71. The first-order valence-electron chi connectivity index (χ1n) is 6.50. The first-order valence-corrected chi connectivity index (χ1v) is 6.88. The maximum absolute atomic E-state index is 6.13. The molecule has 0 saturated heterocycles. The number of halogens is 1. The summed E-state index contributed by atoms with van der Waals surface area (Å²) in [6.07, 6.45) is 6.03. The molecule has 0 fully saturated rings. The van der Waals surface area contributed by atoms with E-state index in [1.54, 1.807) is 0 Å². The lowest BCUT2D eigenvalue weighted by molar-refractivity contribution is 0.549. The number of hydrogen-bond donors (Lipinski definition) is 1. The van der Waals surface area contributed by atoms with Crippen LogP contribution >= 0.6 is 11.6 Å². The number of aryl methyl sites for hydroxylation is 3. The van der Waals surface area contributed by atoms with Crippen molar-refractivity contribution in [1.29, 1.82) is 0 Å². The molecule has 102 valence electrons. The van der Waals surface area contributed by atoms with E-state index < -0.39 is 0 Å². The van der Waals surface area contributed by atoms with Crippen LogP contribution in [0.25, 0.3) is 0 Å². The van der Waals surface area contributed by atoms with E-state index in [-0.39, 0.29) is 0 Å².